The number of hydrogen-bond acceptors (Lipinski definition) is 4. The predicted molar refractivity (Wildman–Crippen MR) is 113 cm³/mol. The molecule has 0 aromatic heterocycles. The van der Waals surface area contributed by atoms with Crippen LogP contribution in [0.25, 0.3) is 0 Å². The first kappa shape index (κ1) is 29.3. The second-order valence-corrected chi connectivity index (χ2v) is 7.18. The number of carbonyl (C=O) groups is 3. The number of aliphatic hydroxyl groups is 1. The Labute approximate surface area is 174 Å². The van der Waals surface area contributed by atoms with E-state index in [4.69, 9.17) is 20.4 Å². The van der Waals surface area contributed by atoms with E-state index in [2.05, 4.69) is 19.1 Å². The first-order chi connectivity index (χ1) is 13.8. The summed E-state index contributed by atoms with van der Waals surface area (Å²) < 4.78 is 0. The number of allylic oxidation sites excluding steroid dienone is 2. The molecule has 7 nitrogen and oxygen atoms in total. The average molecular weight is 417 g/mol. The molecule has 0 aromatic carbocycles. The van der Waals surface area contributed by atoms with Crippen LogP contribution in [0.2, 0.25) is 0 Å². The van der Waals surface area contributed by atoms with E-state index in [1.54, 1.807) is 0 Å². The Bertz CT molecular complexity index is 446. The lowest BCUT2D eigenvalue weighted by Gasteiger charge is -1.99. The van der Waals surface area contributed by atoms with Crippen molar-refractivity contribution in [2.24, 2.45) is 0 Å². The fraction of sp³-hybridized carbons (Fsp3) is 0.773. The largest absolute Gasteiger partial charge is 0.481 e. The Morgan fingerprint density at radius 2 is 1.14 bits per heavy atom. The van der Waals surface area contributed by atoms with Crippen molar-refractivity contribution in [1.29, 1.82) is 0 Å². The first-order valence-corrected chi connectivity index (χ1v) is 10.8. The summed E-state index contributed by atoms with van der Waals surface area (Å²) in [6.45, 7) is 2.26. The molecule has 0 fully saturated rings. The predicted octanol–water partition coefficient (Wildman–Crippen LogP) is 5.02. The summed E-state index contributed by atoms with van der Waals surface area (Å²) >= 11 is 0. The van der Waals surface area contributed by atoms with Crippen molar-refractivity contribution in [1.82, 2.24) is 0 Å². The number of aliphatic carboxylic acids is 3. The van der Waals surface area contributed by atoms with E-state index in [0.717, 1.165) is 12.8 Å². The number of carboxylic acids is 3. The van der Waals surface area contributed by atoms with Gasteiger partial charge in [-0.2, -0.15) is 0 Å². The van der Waals surface area contributed by atoms with Crippen LogP contribution < -0.4 is 0 Å². The maximum atomic E-state index is 10.3. The highest BCUT2D eigenvalue weighted by molar-refractivity contribution is 5.79. The van der Waals surface area contributed by atoms with E-state index in [0.29, 0.717) is 6.42 Å². The molecule has 4 N–H and O–H groups in total. The monoisotopic (exact) mass is 416 g/mol. The summed E-state index contributed by atoms with van der Waals surface area (Å²) in [4.78, 5) is 29.7. The van der Waals surface area contributed by atoms with Gasteiger partial charge in [0, 0.05) is 6.42 Å². The van der Waals surface area contributed by atoms with E-state index >= 15 is 0 Å². The standard InChI is InChI=1S/C18H34O2.C4H6O5/c1-2-3-4-5-6-7-8-9-10-11-12-13-14-15-16-17-18(19)20;5-2(4(8)9)1-3(6)7/h9-10H,2-8,11-17H2,1H3,(H,19,20);2,5H,1H2,(H,6,7)(H,8,9)/b10-9-;. The quantitative estimate of drug-likeness (QED) is 0.182. The zero-order valence-corrected chi connectivity index (χ0v) is 17.9. The maximum Gasteiger partial charge on any atom is 0.333 e. The normalized spacial score (nSPS) is 11.7. The van der Waals surface area contributed by atoms with Gasteiger partial charge in [-0.15, -0.1) is 0 Å². The molecule has 0 radical (unpaired) electrons. The summed E-state index contributed by atoms with van der Waals surface area (Å²) in [5.41, 5.74) is 0. The molecule has 0 rings (SSSR count). The third-order valence-corrected chi connectivity index (χ3v) is 4.31. The van der Waals surface area contributed by atoms with Gasteiger partial charge >= 0.3 is 17.9 Å². The Morgan fingerprint density at radius 3 is 1.52 bits per heavy atom. The van der Waals surface area contributed by atoms with Crippen LogP contribution in [0.15, 0.2) is 12.2 Å². The van der Waals surface area contributed by atoms with Gasteiger partial charge in [-0.05, 0) is 32.1 Å². The summed E-state index contributed by atoms with van der Waals surface area (Å²) in [5.74, 6) is -3.51. The molecule has 1 unspecified atom stereocenters. The van der Waals surface area contributed by atoms with Gasteiger partial charge in [-0.25, -0.2) is 4.79 Å². The smallest absolute Gasteiger partial charge is 0.333 e. The third-order valence-electron chi connectivity index (χ3n) is 4.31. The second-order valence-electron chi connectivity index (χ2n) is 7.18. The fourth-order valence-electron chi connectivity index (χ4n) is 2.60. The van der Waals surface area contributed by atoms with Crippen LogP contribution >= 0.6 is 0 Å². The number of carboxylic acid groups (broad SMARTS) is 3. The molecule has 1 atom stereocenters. The minimum atomic E-state index is -1.79. The molecule has 0 aromatic rings. The molecule has 0 saturated carbocycles. The molecule has 0 heterocycles. The Kier molecular flexibility index (Phi) is 22.6. The molecule has 7 heteroatoms. The zero-order valence-electron chi connectivity index (χ0n) is 17.9. The van der Waals surface area contributed by atoms with Crippen molar-refractivity contribution in [3.8, 4) is 0 Å². The van der Waals surface area contributed by atoms with Gasteiger partial charge in [0.1, 0.15) is 0 Å². The van der Waals surface area contributed by atoms with E-state index < -0.39 is 30.4 Å². The van der Waals surface area contributed by atoms with Gasteiger partial charge in [0.05, 0.1) is 6.42 Å². The van der Waals surface area contributed by atoms with Gasteiger partial charge in [-0.3, -0.25) is 9.59 Å². The number of hydrogen-bond donors (Lipinski definition) is 4. The molecule has 0 saturated heterocycles. The average Bonchev–Trinajstić information content (AvgIpc) is 2.64. The van der Waals surface area contributed by atoms with E-state index in [1.165, 1.54) is 70.6 Å². The van der Waals surface area contributed by atoms with Crippen molar-refractivity contribution in [2.75, 3.05) is 0 Å². The highest BCUT2D eigenvalue weighted by Gasteiger charge is 2.16. The number of aliphatic hydroxyl groups excluding tert-OH is 1. The van der Waals surface area contributed by atoms with E-state index in [9.17, 15) is 14.4 Å². The minimum absolute atomic E-state index is 0.332. The molecule has 0 amide bonds. The Hall–Kier alpha value is -1.89. The highest BCUT2D eigenvalue weighted by Crippen LogP contribution is 2.09. The molecular formula is C22H40O7. The van der Waals surface area contributed by atoms with E-state index in [1.807, 2.05) is 0 Å². The van der Waals surface area contributed by atoms with E-state index in [-0.39, 0.29) is 0 Å². The molecule has 0 aliphatic carbocycles. The molecule has 0 spiro atoms. The van der Waals surface area contributed by atoms with Crippen LogP contribution in [0.4, 0.5) is 0 Å². The van der Waals surface area contributed by atoms with Crippen molar-refractivity contribution in [2.45, 2.75) is 109 Å². The van der Waals surface area contributed by atoms with Gasteiger partial charge < -0.3 is 20.4 Å². The van der Waals surface area contributed by atoms with Crippen LogP contribution in [0.3, 0.4) is 0 Å². The lowest BCUT2D eigenvalue weighted by Crippen LogP contribution is -2.22. The molecular weight excluding hydrogens is 376 g/mol. The highest BCUT2D eigenvalue weighted by atomic mass is 16.4. The van der Waals surface area contributed by atoms with Gasteiger partial charge in [0.2, 0.25) is 0 Å². The van der Waals surface area contributed by atoms with Gasteiger partial charge in [0.25, 0.3) is 0 Å². The van der Waals surface area contributed by atoms with Crippen molar-refractivity contribution in [3.05, 3.63) is 12.2 Å². The molecule has 0 aliphatic rings. The Morgan fingerprint density at radius 1 is 0.690 bits per heavy atom. The van der Waals surface area contributed by atoms with Gasteiger partial charge in [-0.1, -0.05) is 70.4 Å². The first-order valence-electron chi connectivity index (χ1n) is 10.8. The van der Waals surface area contributed by atoms with Crippen LogP contribution in [0.5, 0.6) is 0 Å². The summed E-state index contributed by atoms with van der Waals surface area (Å²) in [5, 5.41) is 32.7. The number of rotatable bonds is 18. The topological polar surface area (TPSA) is 132 Å². The van der Waals surface area contributed by atoms with Crippen molar-refractivity contribution < 1.29 is 34.8 Å². The minimum Gasteiger partial charge on any atom is -0.481 e. The molecule has 0 aliphatic heterocycles. The lowest BCUT2D eigenvalue weighted by molar-refractivity contribution is -0.152. The maximum absolute atomic E-state index is 10.3. The van der Waals surface area contributed by atoms with Crippen LogP contribution in [0.1, 0.15) is 103 Å². The summed E-state index contributed by atoms with van der Waals surface area (Å²) in [6, 6.07) is 0. The SMILES string of the molecule is CCCCCCCC/C=C\CCCCCCCC(=O)O.O=C(O)CC(O)C(=O)O. The third kappa shape index (κ3) is 28.4. The van der Waals surface area contributed by atoms with Crippen LogP contribution in [-0.2, 0) is 14.4 Å². The second kappa shape index (κ2) is 22.4. The number of unbranched alkanes of at least 4 members (excludes halogenated alkanes) is 11. The molecule has 170 valence electrons. The van der Waals surface area contributed by atoms with Crippen molar-refractivity contribution >= 4 is 17.9 Å². The summed E-state index contributed by atoms with van der Waals surface area (Å²) in [7, 11) is 0. The molecule has 29 heavy (non-hydrogen) atoms. The van der Waals surface area contributed by atoms with Crippen LogP contribution in [-0.4, -0.2) is 44.4 Å². The van der Waals surface area contributed by atoms with Gasteiger partial charge in [0.15, 0.2) is 6.10 Å². The van der Waals surface area contributed by atoms with Crippen LogP contribution in [0, 0.1) is 0 Å². The lowest BCUT2D eigenvalue weighted by atomic mass is 10.1. The Balaban J connectivity index is 0. The molecule has 0 bridgehead atoms. The zero-order chi connectivity index (χ0) is 22.3. The summed E-state index contributed by atoms with van der Waals surface area (Å²) in [6.07, 6.45) is 18.7. The fourth-order valence-corrected chi connectivity index (χ4v) is 2.60. The van der Waals surface area contributed by atoms with Crippen molar-refractivity contribution in [3.63, 3.8) is 0 Å².